The largest absolute Gasteiger partial charge is 0.472 e. The smallest absolute Gasteiger partial charge is 0.0996 e. The van der Waals surface area contributed by atoms with Crippen LogP contribution in [0.4, 0.5) is 0 Å². The van der Waals surface area contributed by atoms with Crippen LogP contribution in [0.3, 0.4) is 0 Å². The first kappa shape index (κ1) is 15.3. The van der Waals surface area contributed by atoms with Crippen LogP contribution in [0.1, 0.15) is 30.1 Å². The third kappa shape index (κ3) is 2.70. The summed E-state index contributed by atoms with van der Waals surface area (Å²) in [4.78, 5) is 11.5. The minimum atomic E-state index is 0.360. The standard InChI is InChI=1S/C21H20N4O/c1-3-17(11-22-8-1)18-5-6-20-21(23-15-25(20)13-18)19-4-2-9-24(19)12-16-7-10-26-14-16/h1,3,5-8,10-11,13-15,19H,2,4,9,12H2. The van der Waals surface area contributed by atoms with Gasteiger partial charge in [0, 0.05) is 36.3 Å². The molecular weight excluding hydrogens is 324 g/mol. The highest BCUT2D eigenvalue weighted by Crippen LogP contribution is 2.35. The van der Waals surface area contributed by atoms with E-state index in [1.54, 1.807) is 12.5 Å². The van der Waals surface area contributed by atoms with E-state index in [0.717, 1.165) is 30.6 Å². The maximum Gasteiger partial charge on any atom is 0.0996 e. The Hall–Kier alpha value is -2.92. The topological polar surface area (TPSA) is 46.6 Å². The molecule has 4 aromatic rings. The summed E-state index contributed by atoms with van der Waals surface area (Å²) in [6.07, 6.45) is 13.7. The van der Waals surface area contributed by atoms with Crippen molar-refractivity contribution in [1.82, 2.24) is 19.3 Å². The quantitative estimate of drug-likeness (QED) is 0.553. The fourth-order valence-electron chi connectivity index (χ4n) is 3.92. The van der Waals surface area contributed by atoms with Crippen molar-refractivity contribution in [2.75, 3.05) is 6.54 Å². The number of furan rings is 1. The molecule has 5 heteroatoms. The number of pyridine rings is 2. The molecule has 0 amide bonds. The van der Waals surface area contributed by atoms with E-state index in [4.69, 9.17) is 9.40 Å². The highest BCUT2D eigenvalue weighted by Gasteiger charge is 2.29. The molecule has 5 rings (SSSR count). The molecule has 1 aliphatic rings. The fourth-order valence-corrected chi connectivity index (χ4v) is 3.92. The van der Waals surface area contributed by atoms with Crippen molar-refractivity contribution in [1.29, 1.82) is 0 Å². The summed E-state index contributed by atoms with van der Waals surface area (Å²) in [5, 5.41) is 0. The van der Waals surface area contributed by atoms with E-state index < -0.39 is 0 Å². The molecule has 0 aromatic carbocycles. The second-order valence-electron chi connectivity index (χ2n) is 6.84. The lowest BCUT2D eigenvalue weighted by Crippen LogP contribution is -2.22. The Labute approximate surface area is 151 Å². The molecule has 1 atom stereocenters. The van der Waals surface area contributed by atoms with Crippen molar-refractivity contribution in [2.24, 2.45) is 0 Å². The van der Waals surface area contributed by atoms with Gasteiger partial charge in [-0.1, -0.05) is 12.1 Å². The van der Waals surface area contributed by atoms with Crippen LogP contribution >= 0.6 is 0 Å². The van der Waals surface area contributed by atoms with Crippen molar-refractivity contribution in [3.05, 3.63) is 79.0 Å². The van der Waals surface area contributed by atoms with Gasteiger partial charge in [-0.15, -0.1) is 0 Å². The Balaban J connectivity index is 1.47. The summed E-state index contributed by atoms with van der Waals surface area (Å²) in [5.41, 5.74) is 5.84. The molecule has 0 saturated carbocycles. The Morgan fingerprint density at radius 2 is 2.15 bits per heavy atom. The molecule has 0 spiro atoms. The van der Waals surface area contributed by atoms with E-state index in [-0.39, 0.29) is 0 Å². The molecule has 1 fully saturated rings. The van der Waals surface area contributed by atoms with Gasteiger partial charge in [0.15, 0.2) is 0 Å². The molecule has 5 nitrogen and oxygen atoms in total. The zero-order chi connectivity index (χ0) is 17.3. The second kappa shape index (κ2) is 6.42. The van der Waals surface area contributed by atoms with Crippen molar-refractivity contribution >= 4 is 5.52 Å². The van der Waals surface area contributed by atoms with E-state index in [0.29, 0.717) is 6.04 Å². The van der Waals surface area contributed by atoms with Crippen LogP contribution in [-0.2, 0) is 6.54 Å². The van der Waals surface area contributed by atoms with Gasteiger partial charge >= 0.3 is 0 Å². The minimum absolute atomic E-state index is 0.360. The molecule has 1 unspecified atom stereocenters. The Kier molecular flexibility index (Phi) is 3.79. The van der Waals surface area contributed by atoms with Crippen molar-refractivity contribution in [3.8, 4) is 11.1 Å². The van der Waals surface area contributed by atoms with Gasteiger partial charge in [-0.25, -0.2) is 4.98 Å². The van der Waals surface area contributed by atoms with E-state index >= 15 is 0 Å². The lowest BCUT2D eigenvalue weighted by Gasteiger charge is -2.22. The minimum Gasteiger partial charge on any atom is -0.472 e. The molecule has 5 heterocycles. The Morgan fingerprint density at radius 3 is 3.00 bits per heavy atom. The highest BCUT2D eigenvalue weighted by molar-refractivity contribution is 5.66. The normalized spacial score (nSPS) is 17.9. The van der Waals surface area contributed by atoms with Crippen molar-refractivity contribution < 1.29 is 4.42 Å². The summed E-state index contributed by atoms with van der Waals surface area (Å²) >= 11 is 0. The molecule has 1 aliphatic heterocycles. The molecule has 1 saturated heterocycles. The lowest BCUT2D eigenvalue weighted by atomic mass is 10.1. The fraction of sp³-hybridized carbons (Fsp3) is 0.238. The number of rotatable bonds is 4. The van der Waals surface area contributed by atoms with E-state index in [1.807, 2.05) is 30.9 Å². The number of fused-ring (bicyclic) bond motifs is 1. The molecule has 0 radical (unpaired) electrons. The van der Waals surface area contributed by atoms with Crippen LogP contribution in [-0.4, -0.2) is 25.8 Å². The zero-order valence-electron chi connectivity index (χ0n) is 14.5. The first-order valence-electron chi connectivity index (χ1n) is 9.00. The predicted molar refractivity (Wildman–Crippen MR) is 99.5 cm³/mol. The average molecular weight is 344 g/mol. The van der Waals surface area contributed by atoms with Gasteiger partial charge in [-0.2, -0.15) is 0 Å². The predicted octanol–water partition coefficient (Wildman–Crippen LogP) is 4.33. The van der Waals surface area contributed by atoms with Gasteiger partial charge in [0.05, 0.1) is 36.1 Å². The lowest BCUT2D eigenvalue weighted by molar-refractivity contribution is 0.245. The van der Waals surface area contributed by atoms with Crippen LogP contribution in [0.2, 0.25) is 0 Å². The Morgan fingerprint density at radius 1 is 1.15 bits per heavy atom. The van der Waals surface area contributed by atoms with Crippen LogP contribution in [0.5, 0.6) is 0 Å². The van der Waals surface area contributed by atoms with E-state index in [1.165, 1.54) is 23.2 Å². The van der Waals surface area contributed by atoms with Crippen LogP contribution in [0.25, 0.3) is 16.6 Å². The third-order valence-corrected chi connectivity index (χ3v) is 5.20. The molecule has 0 aliphatic carbocycles. The third-order valence-electron chi connectivity index (χ3n) is 5.20. The number of hydrogen-bond acceptors (Lipinski definition) is 4. The number of aromatic nitrogens is 3. The number of imidazole rings is 1. The van der Waals surface area contributed by atoms with Crippen molar-refractivity contribution in [3.63, 3.8) is 0 Å². The second-order valence-corrected chi connectivity index (χ2v) is 6.84. The van der Waals surface area contributed by atoms with E-state index in [9.17, 15) is 0 Å². The van der Waals surface area contributed by atoms with Gasteiger partial charge in [0.2, 0.25) is 0 Å². The average Bonchev–Trinajstić information content (AvgIpc) is 3.43. The SMILES string of the molecule is c1cncc(-c2ccc3c(C4CCCN4Cc4ccoc4)ncn3c2)c1. The number of hydrogen-bond donors (Lipinski definition) is 0. The van der Waals surface area contributed by atoms with Crippen molar-refractivity contribution in [2.45, 2.75) is 25.4 Å². The van der Waals surface area contributed by atoms with Gasteiger partial charge in [0.1, 0.15) is 0 Å². The van der Waals surface area contributed by atoms with Gasteiger partial charge in [-0.05, 0) is 43.1 Å². The summed E-state index contributed by atoms with van der Waals surface area (Å²) in [6.45, 7) is 2.01. The molecular formula is C21H20N4O. The van der Waals surface area contributed by atoms with Crippen LogP contribution in [0.15, 0.2) is 72.2 Å². The maximum absolute atomic E-state index is 5.22. The first-order valence-corrected chi connectivity index (χ1v) is 9.00. The molecule has 4 aromatic heterocycles. The van der Waals surface area contributed by atoms with Crippen LogP contribution < -0.4 is 0 Å². The maximum atomic E-state index is 5.22. The number of nitrogens with zero attached hydrogens (tertiary/aromatic N) is 4. The highest BCUT2D eigenvalue weighted by atomic mass is 16.3. The zero-order valence-corrected chi connectivity index (χ0v) is 14.5. The monoisotopic (exact) mass is 344 g/mol. The first-order chi connectivity index (χ1) is 12.9. The summed E-state index contributed by atoms with van der Waals surface area (Å²) < 4.78 is 7.36. The molecule has 0 N–H and O–H groups in total. The molecule has 130 valence electrons. The van der Waals surface area contributed by atoms with E-state index in [2.05, 4.69) is 38.7 Å². The summed E-state index contributed by atoms with van der Waals surface area (Å²) in [7, 11) is 0. The summed E-state index contributed by atoms with van der Waals surface area (Å²) in [5.74, 6) is 0. The Bertz CT molecular complexity index is 1010. The van der Waals surface area contributed by atoms with Crippen LogP contribution in [0, 0.1) is 0 Å². The molecule has 26 heavy (non-hydrogen) atoms. The number of likely N-dealkylation sites (tertiary alicyclic amines) is 1. The van der Waals surface area contributed by atoms with Gasteiger partial charge < -0.3 is 8.82 Å². The van der Waals surface area contributed by atoms with Gasteiger partial charge in [0.25, 0.3) is 0 Å². The van der Waals surface area contributed by atoms with Gasteiger partial charge in [-0.3, -0.25) is 9.88 Å². The summed E-state index contributed by atoms with van der Waals surface area (Å²) in [6, 6.07) is 10.8. The molecule has 0 bridgehead atoms.